The minimum atomic E-state index is -0.961. The van der Waals surface area contributed by atoms with E-state index in [2.05, 4.69) is 5.32 Å². The van der Waals surface area contributed by atoms with Gasteiger partial charge in [-0.25, -0.2) is 0 Å². The van der Waals surface area contributed by atoms with Crippen LogP contribution in [0.4, 0.5) is 10.1 Å². The summed E-state index contributed by atoms with van der Waals surface area (Å²) >= 11 is 0. The first kappa shape index (κ1) is 17.0. The van der Waals surface area contributed by atoms with Crippen LogP contribution >= 0.6 is 0 Å². The lowest BCUT2D eigenvalue weighted by molar-refractivity contribution is -0.387. The van der Waals surface area contributed by atoms with Gasteiger partial charge >= 0.3 is 5.69 Å². The first-order valence-electron chi connectivity index (χ1n) is 6.48. The van der Waals surface area contributed by atoms with E-state index in [0.29, 0.717) is 13.2 Å². The van der Waals surface area contributed by atoms with Gasteiger partial charge in [-0.1, -0.05) is 13.8 Å². The maximum Gasteiger partial charge on any atom is 0.305 e. The monoisotopic (exact) mass is 298 g/mol. The van der Waals surface area contributed by atoms with Crippen LogP contribution in [-0.4, -0.2) is 31.1 Å². The van der Waals surface area contributed by atoms with Crippen LogP contribution < -0.4 is 5.32 Å². The first-order valence-corrected chi connectivity index (χ1v) is 6.48. The highest BCUT2D eigenvalue weighted by atomic mass is 19.1. The molecule has 0 heterocycles. The Labute approximate surface area is 122 Å². The summed E-state index contributed by atoms with van der Waals surface area (Å²) in [7, 11) is 1.60. The van der Waals surface area contributed by atoms with Gasteiger partial charge in [-0.3, -0.25) is 14.9 Å². The van der Waals surface area contributed by atoms with Gasteiger partial charge in [0.25, 0.3) is 5.91 Å². The molecule has 1 aromatic carbocycles. The van der Waals surface area contributed by atoms with E-state index in [0.717, 1.165) is 18.6 Å². The second-order valence-electron chi connectivity index (χ2n) is 5.51. The van der Waals surface area contributed by atoms with Gasteiger partial charge < -0.3 is 10.1 Å². The van der Waals surface area contributed by atoms with E-state index in [1.807, 2.05) is 13.8 Å². The highest BCUT2D eigenvalue weighted by molar-refractivity contribution is 5.94. The molecule has 0 fully saturated rings. The van der Waals surface area contributed by atoms with E-state index in [-0.39, 0.29) is 11.0 Å². The standard InChI is InChI=1S/C14H19FN2O4/c1-14(2,6-7-21-3)9-16-13(18)10-4-5-11(15)12(8-10)17(19)20/h4-5,8H,6-7,9H2,1-3H3,(H,16,18). The molecule has 0 aliphatic heterocycles. The van der Waals surface area contributed by atoms with Crippen molar-refractivity contribution in [2.24, 2.45) is 5.41 Å². The van der Waals surface area contributed by atoms with Crippen LogP contribution in [0.2, 0.25) is 0 Å². The molecule has 0 radical (unpaired) electrons. The first-order chi connectivity index (χ1) is 9.76. The molecule has 1 aromatic rings. The summed E-state index contributed by atoms with van der Waals surface area (Å²) in [6, 6.07) is 3.08. The number of carbonyl (C=O) groups excluding carboxylic acids is 1. The minimum absolute atomic E-state index is 0.0608. The number of rotatable bonds is 7. The highest BCUT2D eigenvalue weighted by Gasteiger charge is 2.21. The van der Waals surface area contributed by atoms with Crippen molar-refractivity contribution >= 4 is 11.6 Å². The van der Waals surface area contributed by atoms with E-state index >= 15 is 0 Å². The zero-order chi connectivity index (χ0) is 16.0. The third-order valence-corrected chi connectivity index (χ3v) is 3.12. The van der Waals surface area contributed by atoms with Crippen LogP contribution in [0.3, 0.4) is 0 Å². The Morgan fingerprint density at radius 3 is 2.71 bits per heavy atom. The zero-order valence-electron chi connectivity index (χ0n) is 12.3. The predicted molar refractivity (Wildman–Crippen MR) is 75.7 cm³/mol. The number of ether oxygens (including phenoxy) is 1. The SMILES string of the molecule is COCCC(C)(C)CNC(=O)c1ccc(F)c([N+](=O)[O-])c1. The number of hydrogen-bond donors (Lipinski definition) is 1. The Morgan fingerprint density at radius 1 is 1.48 bits per heavy atom. The average Bonchev–Trinajstić information content (AvgIpc) is 2.43. The largest absolute Gasteiger partial charge is 0.385 e. The van der Waals surface area contributed by atoms with Gasteiger partial charge in [-0.2, -0.15) is 4.39 Å². The van der Waals surface area contributed by atoms with Crippen molar-refractivity contribution in [3.05, 3.63) is 39.7 Å². The Kier molecular flexibility index (Phi) is 5.78. The lowest BCUT2D eigenvalue weighted by atomic mass is 9.89. The number of nitrogens with one attached hydrogen (secondary N) is 1. The van der Waals surface area contributed by atoms with E-state index in [9.17, 15) is 19.3 Å². The number of amides is 1. The summed E-state index contributed by atoms with van der Waals surface area (Å²) in [5.74, 6) is -1.43. The number of methoxy groups -OCH3 is 1. The smallest absolute Gasteiger partial charge is 0.305 e. The molecule has 0 aliphatic carbocycles. The van der Waals surface area contributed by atoms with Crippen LogP contribution in [0, 0.1) is 21.3 Å². The molecular weight excluding hydrogens is 279 g/mol. The number of halogens is 1. The fourth-order valence-electron chi connectivity index (χ4n) is 1.68. The van der Waals surface area contributed by atoms with Crippen LogP contribution in [0.15, 0.2) is 18.2 Å². The fourth-order valence-corrected chi connectivity index (χ4v) is 1.68. The van der Waals surface area contributed by atoms with E-state index in [4.69, 9.17) is 4.74 Å². The number of nitrogens with zero attached hydrogens (tertiary/aromatic N) is 1. The van der Waals surface area contributed by atoms with E-state index < -0.39 is 22.3 Å². The van der Waals surface area contributed by atoms with Crippen molar-refractivity contribution in [2.45, 2.75) is 20.3 Å². The number of benzene rings is 1. The Balaban J connectivity index is 2.72. The normalized spacial score (nSPS) is 11.2. The third kappa shape index (κ3) is 5.11. The molecule has 0 aromatic heterocycles. The lowest BCUT2D eigenvalue weighted by Gasteiger charge is -2.24. The maximum atomic E-state index is 13.2. The van der Waals surface area contributed by atoms with Gasteiger partial charge in [-0.05, 0) is 24.0 Å². The van der Waals surface area contributed by atoms with Crippen molar-refractivity contribution in [1.29, 1.82) is 0 Å². The molecule has 0 atom stereocenters. The van der Waals surface area contributed by atoms with Crippen molar-refractivity contribution in [2.75, 3.05) is 20.3 Å². The Morgan fingerprint density at radius 2 is 2.14 bits per heavy atom. The molecule has 0 saturated carbocycles. The molecule has 0 spiro atoms. The summed E-state index contributed by atoms with van der Waals surface area (Å²) in [6.07, 6.45) is 0.757. The van der Waals surface area contributed by atoms with Crippen molar-refractivity contribution < 1.29 is 18.8 Å². The summed E-state index contributed by atoms with van der Waals surface area (Å²) < 4.78 is 18.2. The fraction of sp³-hybridized carbons (Fsp3) is 0.500. The highest BCUT2D eigenvalue weighted by Crippen LogP contribution is 2.20. The molecular formula is C14H19FN2O4. The number of nitro benzene ring substituents is 1. The van der Waals surface area contributed by atoms with Gasteiger partial charge in [0.05, 0.1) is 4.92 Å². The molecule has 0 aliphatic rings. The molecule has 7 heteroatoms. The second-order valence-corrected chi connectivity index (χ2v) is 5.51. The molecule has 0 saturated heterocycles. The summed E-state index contributed by atoms with van der Waals surface area (Å²) in [6.45, 7) is 4.91. The van der Waals surface area contributed by atoms with Crippen LogP contribution in [-0.2, 0) is 4.74 Å². The predicted octanol–water partition coefficient (Wildman–Crippen LogP) is 2.53. The summed E-state index contributed by atoms with van der Waals surface area (Å²) in [5.41, 5.74) is -0.815. The molecule has 6 nitrogen and oxygen atoms in total. The van der Waals surface area contributed by atoms with Crippen molar-refractivity contribution in [3.8, 4) is 0 Å². The zero-order valence-corrected chi connectivity index (χ0v) is 12.3. The quantitative estimate of drug-likeness (QED) is 0.619. The number of hydrogen-bond acceptors (Lipinski definition) is 4. The number of carbonyl (C=O) groups is 1. The molecule has 1 N–H and O–H groups in total. The van der Waals surface area contributed by atoms with E-state index in [1.165, 1.54) is 6.07 Å². The van der Waals surface area contributed by atoms with Crippen LogP contribution in [0.25, 0.3) is 0 Å². The topological polar surface area (TPSA) is 81.5 Å². The Bertz CT molecular complexity index is 532. The Hall–Kier alpha value is -2.02. The van der Waals surface area contributed by atoms with Gasteiger partial charge in [-0.15, -0.1) is 0 Å². The van der Waals surface area contributed by atoms with Gasteiger partial charge in [0, 0.05) is 31.9 Å². The van der Waals surface area contributed by atoms with Gasteiger partial charge in [0.2, 0.25) is 5.82 Å². The molecule has 1 rings (SSSR count). The maximum absolute atomic E-state index is 13.2. The van der Waals surface area contributed by atoms with Crippen molar-refractivity contribution in [1.82, 2.24) is 5.32 Å². The average molecular weight is 298 g/mol. The summed E-state index contributed by atoms with van der Waals surface area (Å²) in [4.78, 5) is 21.8. The summed E-state index contributed by atoms with van der Waals surface area (Å²) in [5, 5.41) is 13.3. The third-order valence-electron chi connectivity index (χ3n) is 3.12. The van der Waals surface area contributed by atoms with Crippen molar-refractivity contribution in [3.63, 3.8) is 0 Å². The van der Waals surface area contributed by atoms with Gasteiger partial charge in [0.15, 0.2) is 0 Å². The lowest BCUT2D eigenvalue weighted by Crippen LogP contribution is -2.34. The number of nitro groups is 1. The van der Waals surface area contributed by atoms with Crippen LogP contribution in [0.5, 0.6) is 0 Å². The molecule has 1 amide bonds. The van der Waals surface area contributed by atoms with Gasteiger partial charge in [0.1, 0.15) is 0 Å². The molecule has 21 heavy (non-hydrogen) atoms. The molecule has 116 valence electrons. The molecule has 0 unspecified atom stereocenters. The molecule has 0 bridgehead atoms. The second kappa shape index (κ2) is 7.12. The van der Waals surface area contributed by atoms with Crippen LogP contribution in [0.1, 0.15) is 30.6 Å². The van der Waals surface area contributed by atoms with E-state index in [1.54, 1.807) is 7.11 Å². The minimum Gasteiger partial charge on any atom is -0.385 e.